The van der Waals surface area contributed by atoms with Crippen LogP contribution in [0, 0.1) is 15.9 Å². The Kier molecular flexibility index (Phi) is 3.68. The van der Waals surface area contributed by atoms with Gasteiger partial charge in [0.15, 0.2) is 0 Å². The third-order valence-corrected chi connectivity index (χ3v) is 3.10. The van der Waals surface area contributed by atoms with E-state index in [1.54, 1.807) is 0 Å². The number of hydrogen-bond donors (Lipinski definition) is 1. The fourth-order valence-electron chi connectivity index (χ4n) is 2.23. The summed E-state index contributed by atoms with van der Waals surface area (Å²) >= 11 is 0. The number of benzene rings is 1. The van der Waals surface area contributed by atoms with Crippen molar-refractivity contribution in [2.45, 2.75) is 38.3 Å². The molecule has 1 aliphatic rings. The molecule has 1 saturated carbocycles. The van der Waals surface area contributed by atoms with E-state index < -0.39 is 10.7 Å². The van der Waals surface area contributed by atoms with Gasteiger partial charge in [-0.25, -0.2) is 4.39 Å². The van der Waals surface area contributed by atoms with Crippen LogP contribution in [0.5, 0.6) is 0 Å². The zero-order chi connectivity index (χ0) is 12.3. The molecule has 1 fully saturated rings. The molecule has 0 atom stereocenters. The summed E-state index contributed by atoms with van der Waals surface area (Å²) in [4.78, 5) is 10.0. The second kappa shape index (κ2) is 5.23. The molecule has 1 N–H and O–H groups in total. The number of nitro groups is 1. The highest BCUT2D eigenvalue weighted by Gasteiger charge is 2.15. The monoisotopic (exact) mass is 238 g/mol. The van der Waals surface area contributed by atoms with Crippen LogP contribution in [-0.2, 0) is 6.54 Å². The number of nitrogens with zero attached hydrogens (tertiary/aromatic N) is 1. The van der Waals surface area contributed by atoms with Crippen molar-refractivity contribution in [2.24, 2.45) is 0 Å². The van der Waals surface area contributed by atoms with E-state index >= 15 is 0 Å². The zero-order valence-electron chi connectivity index (χ0n) is 9.49. The predicted molar refractivity (Wildman–Crippen MR) is 62.2 cm³/mol. The molecule has 0 saturated heterocycles. The summed E-state index contributed by atoms with van der Waals surface area (Å²) in [5, 5.41) is 13.9. The summed E-state index contributed by atoms with van der Waals surface area (Å²) in [5.74, 6) is -0.553. The second-order valence-electron chi connectivity index (χ2n) is 4.44. The molecular formula is C12H15FN2O2. The van der Waals surface area contributed by atoms with Crippen LogP contribution in [0.3, 0.4) is 0 Å². The third-order valence-electron chi connectivity index (χ3n) is 3.10. The van der Waals surface area contributed by atoms with Crippen LogP contribution >= 0.6 is 0 Å². The number of nitro benzene ring substituents is 1. The lowest BCUT2D eigenvalue weighted by Gasteiger charge is -2.11. The quantitative estimate of drug-likeness (QED) is 0.648. The van der Waals surface area contributed by atoms with E-state index in [4.69, 9.17) is 0 Å². The Morgan fingerprint density at radius 1 is 1.35 bits per heavy atom. The molecule has 0 spiro atoms. The first kappa shape index (κ1) is 12.0. The van der Waals surface area contributed by atoms with Crippen molar-refractivity contribution in [2.75, 3.05) is 0 Å². The Labute approximate surface area is 99.0 Å². The Bertz CT molecular complexity index is 417. The van der Waals surface area contributed by atoms with E-state index in [-0.39, 0.29) is 5.69 Å². The molecule has 0 heterocycles. The van der Waals surface area contributed by atoms with Gasteiger partial charge in [0.2, 0.25) is 0 Å². The topological polar surface area (TPSA) is 55.2 Å². The van der Waals surface area contributed by atoms with Gasteiger partial charge in [0.25, 0.3) is 5.69 Å². The van der Waals surface area contributed by atoms with Crippen LogP contribution in [0.1, 0.15) is 31.2 Å². The SMILES string of the molecule is O=[N+]([O-])c1cc(F)cc(CNC2CCCC2)c1. The normalized spacial score (nSPS) is 16.3. The minimum Gasteiger partial charge on any atom is -0.310 e. The number of non-ortho nitro benzene ring substituents is 1. The molecule has 0 unspecified atom stereocenters. The Balaban J connectivity index is 2.01. The van der Waals surface area contributed by atoms with Crippen molar-refractivity contribution < 1.29 is 9.31 Å². The van der Waals surface area contributed by atoms with Crippen LogP contribution in [0.2, 0.25) is 0 Å². The maximum Gasteiger partial charge on any atom is 0.272 e. The molecule has 0 aromatic heterocycles. The highest BCUT2D eigenvalue weighted by molar-refractivity contribution is 5.35. The molecule has 2 rings (SSSR count). The molecule has 0 bridgehead atoms. The van der Waals surface area contributed by atoms with Crippen LogP contribution in [-0.4, -0.2) is 11.0 Å². The molecule has 4 nitrogen and oxygen atoms in total. The number of nitrogens with one attached hydrogen (secondary N) is 1. The molecule has 92 valence electrons. The molecule has 0 radical (unpaired) electrons. The van der Waals surface area contributed by atoms with Gasteiger partial charge in [-0.3, -0.25) is 10.1 Å². The lowest BCUT2D eigenvalue weighted by molar-refractivity contribution is -0.385. The van der Waals surface area contributed by atoms with E-state index in [1.165, 1.54) is 25.0 Å². The van der Waals surface area contributed by atoms with Crippen LogP contribution in [0.4, 0.5) is 10.1 Å². The summed E-state index contributed by atoms with van der Waals surface area (Å²) < 4.78 is 13.2. The minimum absolute atomic E-state index is 0.187. The average Bonchev–Trinajstić information content (AvgIpc) is 2.78. The van der Waals surface area contributed by atoms with Gasteiger partial charge in [-0.2, -0.15) is 0 Å². The smallest absolute Gasteiger partial charge is 0.272 e. The second-order valence-corrected chi connectivity index (χ2v) is 4.44. The lowest BCUT2D eigenvalue weighted by Crippen LogP contribution is -2.25. The van der Waals surface area contributed by atoms with Crippen LogP contribution in [0.15, 0.2) is 18.2 Å². The highest BCUT2D eigenvalue weighted by Crippen LogP contribution is 2.20. The van der Waals surface area contributed by atoms with Crippen molar-refractivity contribution in [1.82, 2.24) is 5.32 Å². The van der Waals surface area contributed by atoms with Gasteiger partial charge in [0, 0.05) is 18.7 Å². The Hall–Kier alpha value is -1.49. The van der Waals surface area contributed by atoms with Crippen molar-refractivity contribution >= 4 is 5.69 Å². The first-order valence-corrected chi connectivity index (χ1v) is 5.82. The van der Waals surface area contributed by atoms with Gasteiger partial charge >= 0.3 is 0 Å². The first-order valence-electron chi connectivity index (χ1n) is 5.82. The fraction of sp³-hybridized carbons (Fsp3) is 0.500. The minimum atomic E-state index is -0.567. The van der Waals surface area contributed by atoms with E-state index in [2.05, 4.69) is 5.32 Å². The maximum absolute atomic E-state index is 13.2. The van der Waals surface area contributed by atoms with Gasteiger partial charge in [0.1, 0.15) is 5.82 Å². The van der Waals surface area contributed by atoms with Gasteiger partial charge in [-0.15, -0.1) is 0 Å². The summed E-state index contributed by atoms with van der Waals surface area (Å²) in [6.45, 7) is 0.489. The lowest BCUT2D eigenvalue weighted by atomic mass is 10.1. The number of rotatable bonds is 4. The fourth-order valence-corrected chi connectivity index (χ4v) is 2.23. The highest BCUT2D eigenvalue weighted by atomic mass is 19.1. The van der Waals surface area contributed by atoms with Crippen molar-refractivity contribution in [3.05, 3.63) is 39.7 Å². The van der Waals surface area contributed by atoms with Gasteiger partial charge < -0.3 is 5.32 Å². The zero-order valence-corrected chi connectivity index (χ0v) is 9.49. The number of hydrogen-bond acceptors (Lipinski definition) is 3. The van der Waals surface area contributed by atoms with Crippen molar-refractivity contribution in [1.29, 1.82) is 0 Å². The largest absolute Gasteiger partial charge is 0.310 e. The Morgan fingerprint density at radius 2 is 2.06 bits per heavy atom. The molecule has 1 aliphatic carbocycles. The van der Waals surface area contributed by atoms with E-state index in [9.17, 15) is 14.5 Å². The summed E-state index contributed by atoms with van der Waals surface area (Å²) in [6, 6.07) is 4.18. The molecule has 1 aromatic rings. The summed E-state index contributed by atoms with van der Waals surface area (Å²) in [6.07, 6.45) is 4.72. The van der Waals surface area contributed by atoms with Gasteiger partial charge in [-0.1, -0.05) is 12.8 Å². The van der Waals surface area contributed by atoms with Crippen LogP contribution < -0.4 is 5.32 Å². The molecule has 0 aliphatic heterocycles. The molecule has 1 aromatic carbocycles. The Morgan fingerprint density at radius 3 is 2.71 bits per heavy atom. The molecule has 17 heavy (non-hydrogen) atoms. The molecular weight excluding hydrogens is 223 g/mol. The molecule has 0 amide bonds. The number of halogens is 1. The average molecular weight is 238 g/mol. The first-order chi connectivity index (χ1) is 8.15. The van der Waals surface area contributed by atoms with Crippen molar-refractivity contribution in [3.8, 4) is 0 Å². The molecule has 5 heteroatoms. The third kappa shape index (κ3) is 3.23. The van der Waals surface area contributed by atoms with Crippen molar-refractivity contribution in [3.63, 3.8) is 0 Å². The van der Waals surface area contributed by atoms with Gasteiger partial charge in [0.05, 0.1) is 11.0 Å². The van der Waals surface area contributed by atoms with Gasteiger partial charge in [-0.05, 0) is 24.5 Å². The van der Waals surface area contributed by atoms with E-state index in [0.29, 0.717) is 18.2 Å². The summed E-state index contributed by atoms with van der Waals surface area (Å²) in [5.41, 5.74) is 0.442. The van der Waals surface area contributed by atoms with E-state index in [0.717, 1.165) is 18.9 Å². The maximum atomic E-state index is 13.2. The predicted octanol–water partition coefficient (Wildman–Crippen LogP) is 2.77. The van der Waals surface area contributed by atoms with E-state index in [1.807, 2.05) is 0 Å². The summed E-state index contributed by atoms with van der Waals surface area (Å²) in [7, 11) is 0. The standard InChI is InChI=1S/C12H15FN2O2/c13-10-5-9(6-12(7-10)15(16)17)8-14-11-3-1-2-4-11/h5-7,11,14H,1-4,8H2. The van der Waals surface area contributed by atoms with Crippen LogP contribution in [0.25, 0.3) is 0 Å².